The summed E-state index contributed by atoms with van der Waals surface area (Å²) in [7, 11) is 0. The maximum absolute atomic E-state index is 13.3. The molecule has 77 heavy (non-hydrogen) atoms. The Morgan fingerprint density at radius 3 is 2.08 bits per heavy atom. The van der Waals surface area contributed by atoms with Gasteiger partial charge in [-0.15, -0.1) is 0 Å². The fourth-order valence-electron chi connectivity index (χ4n) is 9.39. The van der Waals surface area contributed by atoms with E-state index in [1.165, 1.54) is 10.6 Å². The van der Waals surface area contributed by atoms with E-state index in [9.17, 15) is 28.8 Å². The molecule has 1 fully saturated rings. The minimum absolute atomic E-state index is 0.00551. The Bertz CT molecular complexity index is 3160. The van der Waals surface area contributed by atoms with Gasteiger partial charge in [-0.3, -0.25) is 38.5 Å². The number of ether oxygens (including phenoxy) is 6. The van der Waals surface area contributed by atoms with Crippen LogP contribution in [-0.4, -0.2) is 121 Å². The smallest absolute Gasteiger partial charge is 0.355 e. The van der Waals surface area contributed by atoms with E-state index in [0.29, 0.717) is 124 Å². The number of imide groups is 1. The number of hydrogen-bond acceptors (Lipinski definition) is 13. The monoisotopic (exact) mass is 1100 g/mol. The highest BCUT2D eigenvalue weighted by Crippen LogP contribution is 2.41. The summed E-state index contributed by atoms with van der Waals surface area (Å²) in [6, 6.07) is 13.3. The first-order valence-corrected chi connectivity index (χ1v) is 26.6. The molecule has 7 rings (SSSR count). The third-order valence-corrected chi connectivity index (χ3v) is 14.0. The van der Waals surface area contributed by atoms with Gasteiger partial charge in [0.25, 0.3) is 11.5 Å². The first-order chi connectivity index (χ1) is 37.1. The van der Waals surface area contributed by atoms with E-state index in [4.69, 9.17) is 56.7 Å². The Hall–Kier alpha value is -6.77. The second-order valence-corrected chi connectivity index (χ2v) is 19.6. The van der Waals surface area contributed by atoms with Crippen molar-refractivity contribution in [3.05, 3.63) is 108 Å². The van der Waals surface area contributed by atoms with Crippen LogP contribution in [0.2, 0.25) is 10.0 Å². The highest BCUT2D eigenvalue weighted by molar-refractivity contribution is 6.35. The Balaban J connectivity index is 0.765. The zero-order valence-electron chi connectivity index (χ0n) is 44.4. The van der Waals surface area contributed by atoms with Crippen molar-refractivity contribution in [3.8, 4) is 22.6 Å². The van der Waals surface area contributed by atoms with Crippen molar-refractivity contribution in [2.45, 2.75) is 92.7 Å². The van der Waals surface area contributed by atoms with Gasteiger partial charge in [0.1, 0.15) is 29.8 Å². The molecular formula is C56H67Cl2N7O12. The van der Waals surface area contributed by atoms with Crippen molar-refractivity contribution >= 4 is 74.6 Å². The molecule has 1 unspecified atom stereocenters. The summed E-state index contributed by atoms with van der Waals surface area (Å²) >= 11 is 13.3. The molecule has 412 valence electrons. The molecule has 0 spiro atoms. The Morgan fingerprint density at radius 1 is 0.740 bits per heavy atom. The molecule has 1 saturated heterocycles. The number of halogens is 2. The minimum atomic E-state index is -0.835. The van der Waals surface area contributed by atoms with Gasteiger partial charge in [-0.05, 0) is 126 Å². The number of carbonyl (C=O) groups excluding carboxylic acids is 5. The maximum atomic E-state index is 13.3. The molecule has 3 aromatic heterocycles. The van der Waals surface area contributed by atoms with Crippen LogP contribution < -0.4 is 31.0 Å². The number of esters is 1. The molecule has 0 aliphatic carbocycles. The lowest BCUT2D eigenvalue weighted by Crippen LogP contribution is -2.44. The number of nitrogens with zero attached hydrogens (tertiary/aromatic N) is 3. The number of hydrogen-bond donors (Lipinski definition) is 4. The largest absolute Gasteiger partial charge is 0.494 e. The van der Waals surface area contributed by atoms with Gasteiger partial charge in [0.05, 0.1) is 61.4 Å². The summed E-state index contributed by atoms with van der Waals surface area (Å²) < 4.78 is 37.2. The van der Waals surface area contributed by atoms with Crippen molar-refractivity contribution in [2.75, 3.05) is 72.6 Å². The Labute approximate surface area is 456 Å². The van der Waals surface area contributed by atoms with E-state index in [1.54, 1.807) is 36.7 Å². The van der Waals surface area contributed by atoms with Crippen molar-refractivity contribution < 1.29 is 52.4 Å². The van der Waals surface area contributed by atoms with Gasteiger partial charge in [0.15, 0.2) is 6.61 Å². The number of fused-ring (bicyclic) bond motifs is 2. The number of nitrogens with one attached hydrogen (secondary N) is 4. The number of amides is 4. The lowest BCUT2D eigenvalue weighted by Gasteiger charge is -2.25. The first kappa shape index (κ1) is 57.9. The molecule has 0 bridgehead atoms. The van der Waals surface area contributed by atoms with E-state index < -0.39 is 17.9 Å². The van der Waals surface area contributed by atoms with Crippen molar-refractivity contribution in [2.24, 2.45) is 0 Å². The van der Waals surface area contributed by atoms with Crippen LogP contribution in [0.3, 0.4) is 0 Å². The van der Waals surface area contributed by atoms with Crippen LogP contribution in [-0.2, 0) is 51.1 Å². The fourth-order valence-corrected chi connectivity index (χ4v) is 9.75. The third kappa shape index (κ3) is 14.8. The van der Waals surface area contributed by atoms with Gasteiger partial charge in [-0.25, -0.2) is 4.79 Å². The molecule has 19 nitrogen and oxygen atoms in total. The van der Waals surface area contributed by atoms with Crippen LogP contribution in [0.4, 0.5) is 0 Å². The van der Waals surface area contributed by atoms with Gasteiger partial charge < -0.3 is 44.0 Å². The molecule has 21 heteroatoms. The van der Waals surface area contributed by atoms with Crippen LogP contribution >= 0.6 is 23.2 Å². The number of carbonyl (C=O) groups is 5. The molecule has 4 heterocycles. The third-order valence-electron chi connectivity index (χ3n) is 13.1. The Morgan fingerprint density at radius 2 is 1.40 bits per heavy atom. The van der Waals surface area contributed by atoms with Gasteiger partial charge in [0, 0.05) is 77.5 Å². The van der Waals surface area contributed by atoms with E-state index in [2.05, 4.69) is 20.9 Å². The number of aromatic amines is 1. The highest BCUT2D eigenvalue weighted by atomic mass is 35.5. The van der Waals surface area contributed by atoms with Crippen LogP contribution in [0.15, 0.2) is 53.3 Å². The van der Waals surface area contributed by atoms with E-state index in [1.807, 2.05) is 52.0 Å². The molecule has 6 aromatic rings. The topological polar surface area (TPSA) is 232 Å². The number of benzene rings is 3. The highest BCUT2D eigenvalue weighted by Gasteiger charge is 2.30. The van der Waals surface area contributed by atoms with Crippen molar-refractivity contribution in [1.82, 2.24) is 35.3 Å². The Kier molecular flexibility index (Phi) is 20.7. The fraction of sp³-hybridized carbons (Fsp3) is 0.446. The molecule has 1 aliphatic heterocycles. The average Bonchev–Trinajstić information content (AvgIpc) is 3.91. The predicted molar refractivity (Wildman–Crippen MR) is 292 cm³/mol. The second kappa shape index (κ2) is 27.5. The van der Waals surface area contributed by atoms with Crippen LogP contribution in [0, 0.1) is 34.6 Å². The second-order valence-electron chi connectivity index (χ2n) is 18.8. The van der Waals surface area contributed by atoms with Crippen LogP contribution in [0.1, 0.15) is 89.2 Å². The molecule has 3 aromatic carbocycles. The molecule has 4 N–H and O–H groups in total. The predicted octanol–water partition coefficient (Wildman–Crippen LogP) is 7.50. The zero-order chi connectivity index (χ0) is 55.2. The van der Waals surface area contributed by atoms with E-state index >= 15 is 0 Å². The van der Waals surface area contributed by atoms with Gasteiger partial charge in [0.2, 0.25) is 17.7 Å². The van der Waals surface area contributed by atoms with E-state index in [0.717, 1.165) is 55.1 Å². The summed E-state index contributed by atoms with van der Waals surface area (Å²) in [5.74, 6) is -0.810. The molecule has 0 radical (unpaired) electrons. The summed E-state index contributed by atoms with van der Waals surface area (Å²) in [5.41, 5.74) is 7.44. The number of aromatic nitrogens is 4. The standard InChI is InChI=1S/C56H67Cl2N7O12/c1-7-75-56(71)54-41(11-8-22-76-39-27-34(3)52(58)35(4)28-39)42-14-15-43(57)51(53(42)62-54)50-36(5)63-64(37(50)6)31-47(67)59-18-9-20-72-23-25-74-26-24-73-21-10-19-60-48(68)32-77-38-12-13-40-33(2)29-49(69)65(45(40)30-38)44-16-17-46(66)61-55(44)70/h12-15,27-30,44,62H,7-11,16-26,31-32H2,1-6H3,(H,59,67)(H,60,68)(H,61,66,70). The normalized spacial score (nSPS) is 13.5. The summed E-state index contributed by atoms with van der Waals surface area (Å²) in [6.07, 6.45) is 2.66. The lowest BCUT2D eigenvalue weighted by molar-refractivity contribution is -0.135. The number of aryl methyl sites for hydroxylation is 5. The number of H-pyrrole nitrogens is 1. The lowest BCUT2D eigenvalue weighted by atomic mass is 9.98. The van der Waals surface area contributed by atoms with Crippen molar-refractivity contribution in [1.29, 1.82) is 0 Å². The average molecular weight is 1100 g/mol. The molecule has 1 aliphatic rings. The summed E-state index contributed by atoms with van der Waals surface area (Å²) in [5, 5.41) is 15.5. The van der Waals surface area contributed by atoms with Crippen molar-refractivity contribution in [3.63, 3.8) is 0 Å². The van der Waals surface area contributed by atoms with Crippen LogP contribution in [0.5, 0.6) is 11.5 Å². The number of pyridine rings is 1. The SMILES string of the molecule is CCOC(=O)c1[nH]c2c(-c3c(C)nn(CC(=O)NCCCOCCOCCOCCCNC(=O)COc4ccc5c(C)cc(=O)n(C6CCC(=O)NC6=O)c5c4)c3C)c(Cl)ccc2c1CCCOc1cc(C)c(Cl)c(C)c1. The number of rotatable bonds is 28. The first-order valence-electron chi connectivity index (χ1n) is 25.9. The maximum Gasteiger partial charge on any atom is 0.355 e. The number of piperidine rings is 1. The van der Waals surface area contributed by atoms with E-state index in [-0.39, 0.29) is 55.9 Å². The molecule has 4 amide bonds. The quantitative estimate of drug-likeness (QED) is 0.0212. The van der Waals surface area contributed by atoms with Gasteiger partial charge in [-0.2, -0.15) is 5.10 Å². The zero-order valence-corrected chi connectivity index (χ0v) is 45.9. The summed E-state index contributed by atoms with van der Waals surface area (Å²) in [4.78, 5) is 79.6. The molecule has 0 saturated carbocycles. The summed E-state index contributed by atoms with van der Waals surface area (Å²) in [6.45, 7) is 14.7. The van der Waals surface area contributed by atoms with Gasteiger partial charge >= 0.3 is 5.97 Å². The minimum Gasteiger partial charge on any atom is -0.494 e. The molecular weight excluding hydrogens is 1030 g/mol. The molecule has 1 atom stereocenters. The van der Waals surface area contributed by atoms with Gasteiger partial charge in [-0.1, -0.05) is 29.3 Å². The van der Waals surface area contributed by atoms with Crippen LogP contribution in [0.25, 0.3) is 32.9 Å².